The van der Waals surface area contributed by atoms with E-state index in [2.05, 4.69) is 15.9 Å². The van der Waals surface area contributed by atoms with Gasteiger partial charge in [0, 0.05) is 9.37 Å². The second kappa shape index (κ2) is 4.18. The van der Waals surface area contributed by atoms with E-state index < -0.39 is 11.6 Å². The molecule has 0 aliphatic carbocycles. The fraction of sp³-hybridized carbons (Fsp3) is 0.143. The van der Waals surface area contributed by atoms with Gasteiger partial charge in [-0.1, -0.05) is 11.8 Å². The van der Waals surface area contributed by atoms with Gasteiger partial charge in [0.2, 0.25) is 0 Å². The van der Waals surface area contributed by atoms with Crippen LogP contribution in [0.5, 0.6) is 0 Å². The van der Waals surface area contributed by atoms with Gasteiger partial charge < -0.3 is 0 Å². The van der Waals surface area contributed by atoms with Crippen molar-refractivity contribution in [3.05, 3.63) is 28.5 Å². The van der Waals surface area contributed by atoms with Crippen molar-refractivity contribution in [2.75, 3.05) is 0 Å². The Bertz CT molecular complexity index is 277. The molecule has 0 nitrogen and oxygen atoms in total. The highest BCUT2D eigenvalue weighted by Gasteiger charge is 2.09. The molecular formula is C7H4BrF3S. The first-order valence-electron chi connectivity index (χ1n) is 2.99. The third-order valence-corrected chi connectivity index (χ3v) is 2.83. The number of halogens is 4. The second-order valence-corrected chi connectivity index (χ2v) is 3.84. The maximum atomic E-state index is 12.5. The number of benzene rings is 1. The molecule has 1 aromatic carbocycles. The lowest BCUT2D eigenvalue weighted by Gasteiger charge is -2.02. The molecule has 0 aromatic heterocycles. The summed E-state index contributed by atoms with van der Waals surface area (Å²) < 4.78 is 36.7. The Hall–Kier alpha value is -0.160. The molecule has 5 heteroatoms. The Morgan fingerprint density at radius 2 is 2.00 bits per heavy atom. The average molecular weight is 257 g/mol. The van der Waals surface area contributed by atoms with Crippen molar-refractivity contribution >= 4 is 27.7 Å². The summed E-state index contributed by atoms with van der Waals surface area (Å²) >= 11 is 3.36. The van der Waals surface area contributed by atoms with Gasteiger partial charge in [0.15, 0.2) is 0 Å². The zero-order chi connectivity index (χ0) is 9.14. The lowest BCUT2D eigenvalue weighted by atomic mass is 10.3. The summed E-state index contributed by atoms with van der Waals surface area (Å²) in [5.74, 6) is -3.04. The number of hydrogen-bond acceptors (Lipinski definition) is 1. The summed E-state index contributed by atoms with van der Waals surface area (Å²) in [7, 11) is 0. The van der Waals surface area contributed by atoms with Gasteiger partial charge in [-0.05, 0) is 34.1 Å². The second-order valence-electron chi connectivity index (χ2n) is 1.95. The summed E-state index contributed by atoms with van der Waals surface area (Å²) in [6.07, 6.45) is 0. The van der Waals surface area contributed by atoms with Crippen LogP contribution in [-0.2, 0) is 0 Å². The average Bonchev–Trinajstić information content (AvgIpc) is 1.96. The molecule has 0 radical (unpaired) electrons. The molecule has 66 valence electrons. The largest absolute Gasteiger partial charge is 0.288 e. The summed E-state index contributed by atoms with van der Waals surface area (Å²) in [4.78, 5) is 0.213. The zero-order valence-corrected chi connectivity index (χ0v) is 8.13. The van der Waals surface area contributed by atoms with Crippen LogP contribution in [-0.4, -0.2) is 5.76 Å². The van der Waals surface area contributed by atoms with E-state index in [0.29, 0.717) is 16.2 Å². The van der Waals surface area contributed by atoms with Crippen LogP contribution in [0.4, 0.5) is 13.2 Å². The van der Waals surface area contributed by atoms with E-state index >= 15 is 0 Å². The standard InChI is InChI=1S/C7H4BrF3S/c8-5-2-1-4(9)3-6(5)12-7(10)11/h1-3,7H. The van der Waals surface area contributed by atoms with Crippen LogP contribution in [0.2, 0.25) is 0 Å². The van der Waals surface area contributed by atoms with E-state index in [-0.39, 0.29) is 4.90 Å². The minimum Gasteiger partial charge on any atom is -0.207 e. The number of alkyl halides is 2. The predicted molar refractivity (Wildman–Crippen MR) is 46.0 cm³/mol. The van der Waals surface area contributed by atoms with Crippen LogP contribution in [0.1, 0.15) is 0 Å². The van der Waals surface area contributed by atoms with Crippen molar-refractivity contribution in [1.29, 1.82) is 0 Å². The highest BCUT2D eigenvalue weighted by Crippen LogP contribution is 2.32. The molecule has 0 amide bonds. The zero-order valence-electron chi connectivity index (χ0n) is 5.73. The van der Waals surface area contributed by atoms with Crippen LogP contribution in [0.15, 0.2) is 27.6 Å². The molecule has 0 saturated carbocycles. The molecule has 0 aliphatic heterocycles. The van der Waals surface area contributed by atoms with Gasteiger partial charge in [-0.25, -0.2) is 4.39 Å². The van der Waals surface area contributed by atoms with Crippen LogP contribution in [0.3, 0.4) is 0 Å². The lowest BCUT2D eigenvalue weighted by molar-refractivity contribution is 0.252. The number of rotatable bonds is 2. The van der Waals surface area contributed by atoms with Crippen molar-refractivity contribution in [2.45, 2.75) is 10.7 Å². The molecule has 0 bridgehead atoms. The van der Waals surface area contributed by atoms with Gasteiger partial charge in [0.25, 0.3) is 5.76 Å². The van der Waals surface area contributed by atoms with E-state index in [0.717, 1.165) is 6.07 Å². The van der Waals surface area contributed by atoms with Crippen LogP contribution >= 0.6 is 27.7 Å². The van der Waals surface area contributed by atoms with Gasteiger partial charge in [-0.3, -0.25) is 0 Å². The SMILES string of the molecule is Fc1ccc(Br)c(SC(F)F)c1. The maximum Gasteiger partial charge on any atom is 0.288 e. The van der Waals surface area contributed by atoms with E-state index in [1.807, 2.05) is 0 Å². The van der Waals surface area contributed by atoms with E-state index in [9.17, 15) is 13.2 Å². The first kappa shape index (κ1) is 9.92. The highest BCUT2D eigenvalue weighted by molar-refractivity contribution is 9.10. The number of hydrogen-bond donors (Lipinski definition) is 0. The molecule has 0 saturated heterocycles. The van der Waals surface area contributed by atoms with Crippen molar-refractivity contribution < 1.29 is 13.2 Å². The van der Waals surface area contributed by atoms with Crippen molar-refractivity contribution in [2.24, 2.45) is 0 Å². The lowest BCUT2D eigenvalue weighted by Crippen LogP contribution is -1.84. The predicted octanol–water partition coefficient (Wildman–Crippen LogP) is 3.90. The third kappa shape index (κ3) is 2.71. The summed E-state index contributed by atoms with van der Waals surface area (Å²) in [6, 6.07) is 3.68. The quantitative estimate of drug-likeness (QED) is 0.724. The molecular weight excluding hydrogens is 253 g/mol. The molecule has 0 fully saturated rings. The van der Waals surface area contributed by atoms with Crippen molar-refractivity contribution in [3.8, 4) is 0 Å². The molecule has 1 rings (SSSR count). The van der Waals surface area contributed by atoms with E-state index in [4.69, 9.17) is 0 Å². The Kier molecular flexibility index (Phi) is 3.46. The molecule has 0 aliphatic rings. The molecule has 0 N–H and O–H groups in total. The van der Waals surface area contributed by atoms with Gasteiger partial charge in [-0.15, -0.1) is 0 Å². The van der Waals surface area contributed by atoms with Gasteiger partial charge >= 0.3 is 0 Å². The number of thioether (sulfide) groups is 1. The van der Waals surface area contributed by atoms with Crippen LogP contribution in [0.25, 0.3) is 0 Å². The Morgan fingerprint density at radius 3 is 2.58 bits per heavy atom. The van der Waals surface area contributed by atoms with Crippen LogP contribution in [0, 0.1) is 5.82 Å². The minimum atomic E-state index is -2.52. The maximum absolute atomic E-state index is 12.5. The normalized spacial score (nSPS) is 10.8. The fourth-order valence-electron chi connectivity index (χ4n) is 0.663. The smallest absolute Gasteiger partial charge is 0.207 e. The highest BCUT2D eigenvalue weighted by atomic mass is 79.9. The van der Waals surface area contributed by atoms with Crippen molar-refractivity contribution in [1.82, 2.24) is 0 Å². The summed E-state index contributed by atoms with van der Waals surface area (Å²) in [6.45, 7) is 0. The molecule has 0 atom stereocenters. The van der Waals surface area contributed by atoms with Gasteiger partial charge in [0.1, 0.15) is 5.82 Å². The molecule has 12 heavy (non-hydrogen) atoms. The van der Waals surface area contributed by atoms with Gasteiger partial charge in [-0.2, -0.15) is 8.78 Å². The monoisotopic (exact) mass is 256 g/mol. The summed E-state index contributed by atoms with van der Waals surface area (Å²) in [5, 5.41) is 0. The first-order valence-corrected chi connectivity index (χ1v) is 4.66. The first-order chi connectivity index (χ1) is 5.59. The molecule has 0 spiro atoms. The third-order valence-electron chi connectivity index (χ3n) is 1.11. The minimum absolute atomic E-state index is 0.213. The topological polar surface area (TPSA) is 0 Å². The van der Waals surface area contributed by atoms with Gasteiger partial charge in [0.05, 0.1) is 0 Å². The molecule has 0 unspecified atom stereocenters. The Morgan fingerprint density at radius 1 is 1.33 bits per heavy atom. The molecule has 0 heterocycles. The van der Waals surface area contributed by atoms with E-state index in [1.54, 1.807) is 0 Å². The fourth-order valence-corrected chi connectivity index (χ4v) is 1.74. The summed E-state index contributed by atoms with van der Waals surface area (Å²) in [5.41, 5.74) is 0. The van der Waals surface area contributed by atoms with Crippen molar-refractivity contribution in [3.63, 3.8) is 0 Å². The Balaban J connectivity index is 2.90. The Labute approximate surface area is 80.3 Å². The van der Waals surface area contributed by atoms with Crippen LogP contribution < -0.4 is 0 Å². The molecule has 1 aromatic rings. The van der Waals surface area contributed by atoms with E-state index in [1.165, 1.54) is 12.1 Å².